The number of nitrogens with one attached hydrogen (secondary N) is 2. The molecule has 1 amide bonds. The molecule has 7 nitrogen and oxygen atoms in total. The number of nitrogens with zero attached hydrogens (tertiary/aromatic N) is 3. The van der Waals surface area contributed by atoms with E-state index in [2.05, 4.69) is 28.6 Å². The van der Waals surface area contributed by atoms with Gasteiger partial charge in [0.2, 0.25) is 5.82 Å². The summed E-state index contributed by atoms with van der Waals surface area (Å²) in [7, 11) is 0. The number of fused-ring (bicyclic) bond motifs is 1. The number of aromatic nitrogens is 2. The zero-order chi connectivity index (χ0) is 25.6. The topological polar surface area (TPSA) is 105 Å². The molecule has 5 rings (SSSR count). The first kappa shape index (κ1) is 25.2. The van der Waals surface area contributed by atoms with Crippen molar-refractivity contribution in [3.05, 3.63) is 65.5 Å². The van der Waals surface area contributed by atoms with Gasteiger partial charge < -0.3 is 16.4 Å². The maximum atomic E-state index is 13.2. The highest BCUT2D eigenvalue weighted by Crippen LogP contribution is 2.28. The minimum absolute atomic E-state index is 0.0343. The maximum absolute atomic E-state index is 13.2. The van der Waals surface area contributed by atoms with Crippen LogP contribution in [0.5, 0.6) is 0 Å². The third kappa shape index (κ3) is 6.27. The van der Waals surface area contributed by atoms with Crippen LogP contribution >= 0.6 is 0 Å². The summed E-state index contributed by atoms with van der Waals surface area (Å²) in [6.07, 6.45) is 11.0. The van der Waals surface area contributed by atoms with Crippen molar-refractivity contribution >= 4 is 28.5 Å². The van der Waals surface area contributed by atoms with Crippen molar-refractivity contribution in [3.8, 4) is 0 Å². The van der Waals surface area contributed by atoms with Gasteiger partial charge in [-0.15, -0.1) is 0 Å². The molecule has 194 valence electrons. The molecule has 7 heteroatoms. The summed E-state index contributed by atoms with van der Waals surface area (Å²) in [6, 6.07) is 16.3. The van der Waals surface area contributed by atoms with E-state index in [0.29, 0.717) is 11.7 Å². The number of hydrogen-bond donors (Lipinski definition) is 3. The zero-order valence-electron chi connectivity index (χ0n) is 21.7. The highest BCUT2D eigenvalue weighted by atomic mass is 16.2. The number of hydrogen-bond acceptors (Lipinski definition) is 5. The lowest BCUT2D eigenvalue weighted by atomic mass is 9.90. The van der Waals surface area contributed by atoms with Crippen LogP contribution in [0.1, 0.15) is 86.0 Å². The number of aryl methyl sites for hydroxylation is 1. The molecule has 2 saturated carbocycles. The smallest absolute Gasteiger partial charge is 0.289 e. The average molecular weight is 499 g/mol. The van der Waals surface area contributed by atoms with E-state index in [-0.39, 0.29) is 29.9 Å². The molecule has 0 unspecified atom stereocenters. The molecule has 2 aliphatic carbocycles. The summed E-state index contributed by atoms with van der Waals surface area (Å²) in [4.78, 5) is 27.6. The molecule has 37 heavy (non-hydrogen) atoms. The molecule has 2 fully saturated rings. The van der Waals surface area contributed by atoms with Gasteiger partial charge in [0, 0.05) is 23.0 Å². The van der Waals surface area contributed by atoms with E-state index < -0.39 is 0 Å². The highest BCUT2D eigenvalue weighted by Gasteiger charge is 2.27. The number of carbonyl (C=O) groups excluding carboxylic acids is 1. The van der Waals surface area contributed by atoms with Crippen molar-refractivity contribution in [1.29, 1.82) is 0 Å². The van der Waals surface area contributed by atoms with E-state index in [1.807, 2.05) is 42.5 Å². The van der Waals surface area contributed by atoms with Crippen LogP contribution in [-0.2, 0) is 0 Å². The molecule has 1 aromatic heterocycles. The van der Waals surface area contributed by atoms with Crippen molar-refractivity contribution in [3.63, 3.8) is 0 Å². The van der Waals surface area contributed by atoms with E-state index >= 15 is 0 Å². The van der Waals surface area contributed by atoms with Crippen LogP contribution in [-0.4, -0.2) is 39.8 Å². The summed E-state index contributed by atoms with van der Waals surface area (Å²) in [5.41, 5.74) is 9.24. The molecule has 4 N–H and O–H groups in total. The predicted molar refractivity (Wildman–Crippen MR) is 150 cm³/mol. The van der Waals surface area contributed by atoms with Crippen LogP contribution in [0.4, 0.5) is 5.82 Å². The molecule has 0 bridgehead atoms. The number of anilines is 1. The van der Waals surface area contributed by atoms with Gasteiger partial charge in [-0.1, -0.05) is 80.5 Å². The molecule has 2 aromatic carbocycles. The molecule has 1 heterocycles. The first-order valence-electron chi connectivity index (χ1n) is 13.8. The van der Waals surface area contributed by atoms with Crippen LogP contribution in [0.2, 0.25) is 0 Å². The minimum atomic E-state index is -0.191. The molecule has 2 aliphatic rings. The van der Waals surface area contributed by atoms with E-state index in [1.54, 1.807) is 0 Å². The van der Waals surface area contributed by atoms with E-state index in [1.165, 1.54) is 12.8 Å². The lowest BCUT2D eigenvalue weighted by molar-refractivity contribution is 0.0923. The van der Waals surface area contributed by atoms with Crippen LogP contribution in [0, 0.1) is 6.92 Å². The molecule has 0 spiro atoms. The summed E-state index contributed by atoms with van der Waals surface area (Å²) in [6.45, 7) is 2.06. The largest absolute Gasteiger partial charge is 0.383 e. The monoisotopic (exact) mass is 498 g/mol. The van der Waals surface area contributed by atoms with Crippen LogP contribution < -0.4 is 16.4 Å². The minimum Gasteiger partial charge on any atom is -0.383 e. The Bertz CT molecular complexity index is 1250. The van der Waals surface area contributed by atoms with Gasteiger partial charge in [-0.3, -0.25) is 9.79 Å². The van der Waals surface area contributed by atoms with Crippen molar-refractivity contribution in [1.82, 2.24) is 15.3 Å². The van der Waals surface area contributed by atoms with Gasteiger partial charge in [0.15, 0.2) is 0 Å². The number of nitrogens with two attached hydrogens (primary N) is 1. The van der Waals surface area contributed by atoms with Gasteiger partial charge in [0.1, 0.15) is 11.7 Å². The van der Waals surface area contributed by atoms with Crippen LogP contribution in [0.25, 0.3) is 10.9 Å². The first-order valence-corrected chi connectivity index (χ1v) is 13.8. The normalized spacial score (nSPS) is 21.4. The Labute approximate surface area is 219 Å². The van der Waals surface area contributed by atoms with E-state index in [0.717, 1.165) is 73.4 Å². The van der Waals surface area contributed by atoms with Gasteiger partial charge >= 0.3 is 0 Å². The fourth-order valence-corrected chi connectivity index (χ4v) is 5.60. The maximum Gasteiger partial charge on any atom is 0.289 e. The Morgan fingerprint density at radius 2 is 1.65 bits per heavy atom. The van der Waals surface area contributed by atoms with Crippen LogP contribution in [0.3, 0.4) is 0 Å². The quantitative estimate of drug-likeness (QED) is 0.236. The lowest BCUT2D eigenvalue weighted by Gasteiger charge is -2.30. The first-order chi connectivity index (χ1) is 18.1. The molecule has 2 atom stereocenters. The van der Waals surface area contributed by atoms with Crippen molar-refractivity contribution in [2.45, 2.75) is 89.3 Å². The summed E-state index contributed by atoms with van der Waals surface area (Å²) in [5, 5.41) is 7.80. The third-order valence-corrected chi connectivity index (χ3v) is 7.67. The molecule has 0 saturated heterocycles. The Morgan fingerprint density at radius 3 is 2.43 bits per heavy atom. The molecule has 0 radical (unpaired) electrons. The molecule has 3 aromatic rings. The van der Waals surface area contributed by atoms with Crippen molar-refractivity contribution in [2.75, 3.05) is 5.32 Å². The Morgan fingerprint density at radius 1 is 0.919 bits per heavy atom. The fraction of sp³-hybridized carbons (Fsp3) is 0.467. The standard InChI is InChI=1S/C30H38N6O/c1-20-17-18-24-23(19-20)28(36-29(34-24)30(37)32-22-13-7-2-3-8-14-22)35-26-16-10-9-15-25(26)33-27(31)21-11-5-4-6-12-21/h4-6,11-12,17-19,22,25-26H,2-3,7-10,13-16H2,1H3,(H2,31,33)(H,32,37)(H,34,35,36)/t25-,26+/m1/s1. The van der Waals surface area contributed by atoms with Crippen molar-refractivity contribution < 1.29 is 4.79 Å². The Balaban J connectivity index is 1.43. The molecule has 0 aliphatic heterocycles. The highest BCUT2D eigenvalue weighted by molar-refractivity contribution is 5.98. The van der Waals surface area contributed by atoms with Crippen molar-refractivity contribution in [2.24, 2.45) is 10.7 Å². The molecular weight excluding hydrogens is 460 g/mol. The number of carbonyl (C=O) groups is 1. The van der Waals surface area contributed by atoms with E-state index in [9.17, 15) is 4.79 Å². The van der Waals surface area contributed by atoms with Crippen LogP contribution in [0.15, 0.2) is 53.5 Å². The Hall–Kier alpha value is -3.48. The number of amides is 1. The van der Waals surface area contributed by atoms with Gasteiger partial charge in [-0.05, 0) is 44.7 Å². The second-order valence-electron chi connectivity index (χ2n) is 10.6. The SMILES string of the molecule is Cc1ccc2nc(C(=O)NC3CCCCCC3)nc(N[C@H]3CCCC[C@H]3N=C(N)c3ccccc3)c2c1. The second-order valence-corrected chi connectivity index (χ2v) is 10.6. The summed E-state index contributed by atoms with van der Waals surface area (Å²) < 4.78 is 0. The number of benzene rings is 2. The Kier molecular flexibility index (Phi) is 7.97. The lowest BCUT2D eigenvalue weighted by Crippen LogP contribution is -2.38. The summed E-state index contributed by atoms with van der Waals surface area (Å²) >= 11 is 0. The predicted octanol–water partition coefficient (Wildman–Crippen LogP) is 5.52. The van der Waals surface area contributed by atoms with Gasteiger partial charge in [-0.2, -0.15) is 0 Å². The summed E-state index contributed by atoms with van der Waals surface area (Å²) in [5.74, 6) is 1.29. The number of aliphatic imine (C=N–C) groups is 1. The van der Waals surface area contributed by atoms with Gasteiger partial charge in [0.05, 0.1) is 11.6 Å². The number of amidine groups is 1. The average Bonchev–Trinajstić information content (AvgIpc) is 3.19. The van der Waals surface area contributed by atoms with E-state index in [4.69, 9.17) is 15.7 Å². The second kappa shape index (κ2) is 11.7. The molecular formula is C30H38N6O. The fourth-order valence-electron chi connectivity index (χ4n) is 5.60. The zero-order valence-corrected chi connectivity index (χ0v) is 21.7. The third-order valence-electron chi connectivity index (χ3n) is 7.67. The van der Waals surface area contributed by atoms with Gasteiger partial charge in [-0.25, -0.2) is 9.97 Å². The van der Waals surface area contributed by atoms with Gasteiger partial charge in [0.25, 0.3) is 5.91 Å². The number of rotatable bonds is 6.